The number of carbonyl (C=O) groups is 1. The molecule has 2 aromatic carbocycles. The van der Waals surface area contributed by atoms with Crippen LogP contribution in [-0.4, -0.2) is 50.2 Å². The first kappa shape index (κ1) is 23.6. The molecule has 3 aromatic rings. The lowest BCUT2D eigenvalue weighted by atomic mass is 9.87. The number of fused-ring (bicyclic) bond motifs is 1. The fraction of sp³-hybridized carbons (Fsp3) is 0.423. The number of aromatic nitrogens is 3. The van der Waals surface area contributed by atoms with Crippen LogP contribution in [0.5, 0.6) is 0 Å². The Balaban J connectivity index is 1.54. The predicted octanol–water partition coefficient (Wildman–Crippen LogP) is 4.59. The molecule has 0 bridgehead atoms. The SMILES string of the molecule is C=NN(CC1CCCCC1)C(=N)Cc1cccc(C(CC(=O)O)c2ccc3c(c2)nnn3C)c1. The smallest absolute Gasteiger partial charge is 0.304 e. The van der Waals surface area contributed by atoms with Crippen molar-refractivity contribution in [2.24, 2.45) is 18.1 Å². The van der Waals surface area contributed by atoms with E-state index >= 15 is 0 Å². The summed E-state index contributed by atoms with van der Waals surface area (Å²) in [6.07, 6.45) is 6.54. The number of rotatable bonds is 9. The molecule has 4 rings (SSSR count). The highest BCUT2D eigenvalue weighted by atomic mass is 16.4. The highest BCUT2D eigenvalue weighted by Crippen LogP contribution is 2.31. The molecule has 1 saturated carbocycles. The van der Waals surface area contributed by atoms with E-state index in [4.69, 9.17) is 5.41 Å². The number of hydrazone groups is 1. The van der Waals surface area contributed by atoms with E-state index in [2.05, 4.69) is 22.1 Å². The summed E-state index contributed by atoms with van der Waals surface area (Å²) in [7, 11) is 1.83. The summed E-state index contributed by atoms with van der Waals surface area (Å²) in [5.41, 5.74) is 4.38. The van der Waals surface area contributed by atoms with E-state index in [1.807, 2.05) is 49.5 Å². The Kier molecular flexibility index (Phi) is 7.35. The zero-order valence-electron chi connectivity index (χ0n) is 19.7. The Labute approximate surface area is 199 Å². The second kappa shape index (κ2) is 10.6. The lowest BCUT2D eigenvalue weighted by Gasteiger charge is -2.28. The van der Waals surface area contributed by atoms with Crippen molar-refractivity contribution in [3.63, 3.8) is 0 Å². The number of aryl methyl sites for hydroxylation is 1. The molecule has 8 heteroatoms. The number of nitrogens with one attached hydrogen (secondary N) is 1. The van der Waals surface area contributed by atoms with Crippen molar-refractivity contribution < 1.29 is 9.90 Å². The Morgan fingerprint density at radius 3 is 2.74 bits per heavy atom. The molecule has 0 amide bonds. The van der Waals surface area contributed by atoms with Crippen LogP contribution in [0.4, 0.5) is 0 Å². The maximum Gasteiger partial charge on any atom is 0.304 e. The lowest BCUT2D eigenvalue weighted by Crippen LogP contribution is -2.32. The quantitative estimate of drug-likeness (QED) is 0.276. The number of carboxylic acid groups (broad SMARTS) is 1. The second-order valence-electron chi connectivity index (χ2n) is 9.21. The van der Waals surface area contributed by atoms with Crippen molar-refractivity contribution in [2.75, 3.05) is 6.54 Å². The van der Waals surface area contributed by atoms with Crippen molar-refractivity contribution in [1.82, 2.24) is 20.0 Å². The van der Waals surface area contributed by atoms with Gasteiger partial charge in [0.15, 0.2) is 0 Å². The van der Waals surface area contributed by atoms with Crippen LogP contribution < -0.4 is 0 Å². The zero-order chi connectivity index (χ0) is 24.1. The van der Waals surface area contributed by atoms with Crippen LogP contribution in [0.2, 0.25) is 0 Å². The first-order valence-electron chi connectivity index (χ1n) is 11.9. The van der Waals surface area contributed by atoms with Crippen LogP contribution >= 0.6 is 0 Å². The molecule has 8 nitrogen and oxygen atoms in total. The summed E-state index contributed by atoms with van der Waals surface area (Å²) < 4.78 is 1.70. The van der Waals surface area contributed by atoms with Gasteiger partial charge in [-0.3, -0.25) is 15.2 Å². The highest BCUT2D eigenvalue weighted by molar-refractivity contribution is 5.81. The number of carboxylic acids is 1. The van der Waals surface area contributed by atoms with Gasteiger partial charge in [-0.2, -0.15) is 5.10 Å². The molecule has 178 valence electrons. The van der Waals surface area contributed by atoms with Crippen LogP contribution in [0.1, 0.15) is 61.1 Å². The van der Waals surface area contributed by atoms with Gasteiger partial charge in [-0.1, -0.05) is 54.8 Å². The Bertz CT molecular complexity index is 1180. The molecule has 1 unspecified atom stereocenters. The molecule has 0 spiro atoms. The average molecular weight is 461 g/mol. The van der Waals surface area contributed by atoms with E-state index in [0.717, 1.165) is 34.3 Å². The fourth-order valence-electron chi connectivity index (χ4n) is 4.95. The van der Waals surface area contributed by atoms with Gasteiger partial charge < -0.3 is 5.11 Å². The minimum Gasteiger partial charge on any atom is -0.481 e. The van der Waals surface area contributed by atoms with Crippen molar-refractivity contribution >= 4 is 29.6 Å². The van der Waals surface area contributed by atoms with Gasteiger partial charge in [0, 0.05) is 32.6 Å². The van der Waals surface area contributed by atoms with Gasteiger partial charge >= 0.3 is 5.97 Å². The Morgan fingerprint density at radius 1 is 1.24 bits per heavy atom. The first-order chi connectivity index (χ1) is 16.4. The molecule has 0 aliphatic heterocycles. The van der Waals surface area contributed by atoms with Crippen LogP contribution in [0, 0.1) is 11.3 Å². The van der Waals surface area contributed by atoms with Crippen molar-refractivity contribution in [2.45, 2.75) is 50.9 Å². The van der Waals surface area contributed by atoms with E-state index in [9.17, 15) is 9.90 Å². The summed E-state index contributed by atoms with van der Waals surface area (Å²) in [6, 6.07) is 13.7. The molecule has 2 N–H and O–H groups in total. The zero-order valence-corrected chi connectivity index (χ0v) is 19.7. The van der Waals surface area contributed by atoms with Gasteiger partial charge in [0.1, 0.15) is 11.4 Å². The number of nitrogens with zero attached hydrogens (tertiary/aromatic N) is 5. The van der Waals surface area contributed by atoms with Crippen LogP contribution in [-0.2, 0) is 18.3 Å². The van der Waals surface area contributed by atoms with Crippen LogP contribution in [0.25, 0.3) is 11.0 Å². The third kappa shape index (κ3) is 5.50. The van der Waals surface area contributed by atoms with E-state index < -0.39 is 5.97 Å². The summed E-state index contributed by atoms with van der Waals surface area (Å²) in [5.74, 6) is -0.221. The Morgan fingerprint density at radius 2 is 2.00 bits per heavy atom. The van der Waals surface area contributed by atoms with E-state index in [1.54, 1.807) is 9.69 Å². The minimum atomic E-state index is -0.864. The standard InChI is InChI=1S/C26H32N6O2/c1-28-32(17-18-7-4-3-5-8-18)25(27)14-19-9-6-10-20(13-19)22(16-26(33)34)21-11-12-24-23(15-21)29-30-31(24)2/h6,9-13,15,18,22,27H,1,3-5,7-8,14,16-17H2,2H3,(H,33,34). The topological polar surface area (TPSA) is 107 Å². The van der Waals surface area contributed by atoms with Gasteiger partial charge in [0.25, 0.3) is 0 Å². The molecule has 1 heterocycles. The molecule has 1 aliphatic rings. The normalized spacial score (nSPS) is 15.2. The number of aliphatic carboxylic acids is 1. The van der Waals surface area contributed by atoms with Crippen LogP contribution in [0.15, 0.2) is 47.6 Å². The Hall–Kier alpha value is -3.55. The maximum atomic E-state index is 11.7. The number of hydrogen-bond acceptors (Lipinski definition) is 5. The van der Waals surface area contributed by atoms with E-state index in [1.165, 1.54) is 32.1 Å². The molecular formula is C26H32N6O2. The number of benzene rings is 2. The lowest BCUT2D eigenvalue weighted by molar-refractivity contribution is -0.137. The molecule has 1 atom stereocenters. The summed E-state index contributed by atoms with van der Waals surface area (Å²) >= 11 is 0. The molecule has 1 fully saturated rings. The van der Waals surface area contributed by atoms with Gasteiger partial charge in [0.2, 0.25) is 0 Å². The van der Waals surface area contributed by atoms with Crippen molar-refractivity contribution in [1.29, 1.82) is 5.41 Å². The van der Waals surface area contributed by atoms with Gasteiger partial charge in [-0.25, -0.2) is 4.68 Å². The predicted molar refractivity (Wildman–Crippen MR) is 133 cm³/mol. The monoisotopic (exact) mass is 460 g/mol. The van der Waals surface area contributed by atoms with Crippen molar-refractivity contribution in [3.8, 4) is 0 Å². The number of hydrogen-bond donors (Lipinski definition) is 2. The fourth-order valence-corrected chi connectivity index (χ4v) is 4.95. The van der Waals surface area contributed by atoms with Crippen LogP contribution in [0.3, 0.4) is 0 Å². The maximum absolute atomic E-state index is 11.7. The summed E-state index contributed by atoms with van der Waals surface area (Å²) in [5, 5.41) is 32.3. The molecule has 0 radical (unpaired) electrons. The third-order valence-corrected chi connectivity index (χ3v) is 6.78. The van der Waals surface area contributed by atoms with Gasteiger partial charge in [-0.05, 0) is 47.6 Å². The highest BCUT2D eigenvalue weighted by Gasteiger charge is 2.21. The van der Waals surface area contributed by atoms with Gasteiger partial charge in [0.05, 0.1) is 11.9 Å². The van der Waals surface area contributed by atoms with E-state index in [-0.39, 0.29) is 12.3 Å². The summed E-state index contributed by atoms with van der Waals surface area (Å²) in [6.45, 7) is 4.43. The molecule has 34 heavy (non-hydrogen) atoms. The van der Waals surface area contributed by atoms with Crippen molar-refractivity contribution in [3.05, 3.63) is 59.2 Å². The molecule has 1 aromatic heterocycles. The molecule has 1 aliphatic carbocycles. The van der Waals surface area contributed by atoms with E-state index in [0.29, 0.717) is 18.2 Å². The largest absolute Gasteiger partial charge is 0.481 e. The molecule has 0 saturated heterocycles. The molecular weight excluding hydrogens is 428 g/mol. The first-order valence-corrected chi connectivity index (χ1v) is 11.9. The minimum absolute atomic E-state index is 0.0330. The summed E-state index contributed by atoms with van der Waals surface area (Å²) in [4.78, 5) is 11.7. The third-order valence-electron chi connectivity index (χ3n) is 6.78. The average Bonchev–Trinajstić information content (AvgIpc) is 3.21. The van der Waals surface area contributed by atoms with Gasteiger partial charge in [-0.15, -0.1) is 5.10 Å². The number of amidine groups is 1. The second-order valence-corrected chi connectivity index (χ2v) is 9.21.